The van der Waals surface area contributed by atoms with Crippen LogP contribution in [0.5, 0.6) is 0 Å². The highest BCUT2D eigenvalue weighted by Gasteiger charge is 2.09. The lowest BCUT2D eigenvalue weighted by Crippen LogP contribution is -2.37. The van der Waals surface area contributed by atoms with Gasteiger partial charge in [-0.3, -0.25) is 4.79 Å². The Labute approximate surface area is 144 Å². The third kappa shape index (κ3) is 4.70. The van der Waals surface area contributed by atoms with E-state index in [4.69, 9.17) is 4.74 Å². The van der Waals surface area contributed by atoms with Crippen LogP contribution < -0.4 is 4.68 Å². The van der Waals surface area contributed by atoms with E-state index >= 15 is 0 Å². The first-order chi connectivity index (χ1) is 11.8. The summed E-state index contributed by atoms with van der Waals surface area (Å²) in [5, 5.41) is 6.30. The number of aryl methyl sites for hydroxylation is 1. The summed E-state index contributed by atoms with van der Waals surface area (Å²) < 4.78 is 11.4. The lowest BCUT2D eigenvalue weighted by molar-refractivity contribution is -0.754. The van der Waals surface area contributed by atoms with Crippen molar-refractivity contribution in [1.29, 1.82) is 0 Å². The fraction of sp³-hybridized carbons (Fsp3) is 0.222. The molecule has 0 fully saturated rings. The van der Waals surface area contributed by atoms with Gasteiger partial charge in [0.25, 0.3) is 0 Å². The monoisotopic (exact) mass is 340 g/mol. The van der Waals surface area contributed by atoms with Crippen LogP contribution in [0, 0.1) is 0 Å². The Kier molecular flexibility index (Phi) is 5.63. The van der Waals surface area contributed by atoms with E-state index in [1.807, 2.05) is 58.7 Å². The first-order valence-corrected chi connectivity index (χ1v) is 8.61. The molecule has 0 aliphatic heterocycles. The molecule has 122 valence electrons. The minimum absolute atomic E-state index is 0.182. The average molecular weight is 340 g/mol. The fourth-order valence-corrected chi connectivity index (χ4v) is 2.76. The van der Waals surface area contributed by atoms with Crippen LogP contribution in [0.25, 0.3) is 11.3 Å². The summed E-state index contributed by atoms with van der Waals surface area (Å²) in [4.78, 5) is 11.8. The molecule has 2 heterocycles. The zero-order valence-corrected chi connectivity index (χ0v) is 14.0. The fourth-order valence-electron chi connectivity index (χ4n) is 2.23. The molecule has 5 nitrogen and oxygen atoms in total. The number of esters is 1. The number of benzene rings is 1. The highest BCUT2D eigenvalue weighted by molar-refractivity contribution is 7.03. The van der Waals surface area contributed by atoms with E-state index < -0.39 is 0 Å². The van der Waals surface area contributed by atoms with E-state index in [-0.39, 0.29) is 5.97 Å². The molecular weight excluding hydrogens is 322 g/mol. The molecule has 0 amide bonds. The molecule has 0 radical (unpaired) electrons. The van der Waals surface area contributed by atoms with Crippen LogP contribution in [-0.2, 0) is 22.7 Å². The SMILES string of the molecule is O=C(CCC[n+]1ccc(-c2ccsn2)cn1)OCc1ccccc1. The van der Waals surface area contributed by atoms with Crippen LogP contribution in [0.2, 0.25) is 0 Å². The molecule has 0 N–H and O–H groups in total. The Bertz CT molecular complexity index is 759. The molecule has 6 heteroatoms. The molecule has 3 rings (SSSR count). The van der Waals surface area contributed by atoms with Crippen LogP contribution in [0.3, 0.4) is 0 Å². The molecule has 0 aliphatic rings. The second-order valence-electron chi connectivity index (χ2n) is 5.31. The molecule has 0 spiro atoms. The van der Waals surface area contributed by atoms with Gasteiger partial charge in [-0.05, 0) is 28.3 Å². The Morgan fingerprint density at radius 1 is 1.17 bits per heavy atom. The van der Waals surface area contributed by atoms with Crippen molar-refractivity contribution in [1.82, 2.24) is 9.47 Å². The lowest BCUT2D eigenvalue weighted by atomic mass is 10.2. The molecule has 24 heavy (non-hydrogen) atoms. The van der Waals surface area contributed by atoms with Gasteiger partial charge in [0.05, 0.1) is 12.1 Å². The maximum Gasteiger partial charge on any atom is 0.306 e. The summed E-state index contributed by atoms with van der Waals surface area (Å²) in [6.07, 6.45) is 4.78. The maximum atomic E-state index is 11.8. The average Bonchev–Trinajstić information content (AvgIpc) is 3.16. The van der Waals surface area contributed by atoms with Gasteiger partial charge in [-0.1, -0.05) is 35.0 Å². The van der Waals surface area contributed by atoms with Crippen molar-refractivity contribution in [3.05, 3.63) is 65.8 Å². The van der Waals surface area contributed by atoms with E-state index in [1.165, 1.54) is 11.5 Å². The van der Waals surface area contributed by atoms with Crippen molar-refractivity contribution in [2.24, 2.45) is 0 Å². The minimum atomic E-state index is -0.182. The number of rotatable bonds is 7. The first kappa shape index (κ1) is 16.3. The number of aromatic nitrogens is 3. The molecule has 0 saturated heterocycles. The number of carbonyl (C=O) groups excluding carboxylic acids is 1. The number of nitrogens with zero attached hydrogens (tertiary/aromatic N) is 3. The quantitative estimate of drug-likeness (QED) is 0.490. The van der Waals surface area contributed by atoms with Crippen LogP contribution in [0.1, 0.15) is 18.4 Å². The van der Waals surface area contributed by atoms with E-state index in [2.05, 4.69) is 9.47 Å². The molecule has 1 aromatic carbocycles. The Morgan fingerprint density at radius 2 is 2.04 bits per heavy atom. The van der Waals surface area contributed by atoms with Crippen molar-refractivity contribution in [2.45, 2.75) is 26.0 Å². The van der Waals surface area contributed by atoms with Gasteiger partial charge in [-0.25, -0.2) is 0 Å². The summed E-state index contributed by atoms with van der Waals surface area (Å²) in [5.74, 6) is -0.182. The highest BCUT2D eigenvalue weighted by Crippen LogP contribution is 2.15. The second kappa shape index (κ2) is 8.31. The number of carbonyl (C=O) groups is 1. The van der Waals surface area contributed by atoms with Crippen LogP contribution in [0.15, 0.2) is 60.2 Å². The Balaban J connectivity index is 1.40. The van der Waals surface area contributed by atoms with Crippen molar-refractivity contribution < 1.29 is 14.2 Å². The summed E-state index contributed by atoms with van der Waals surface area (Å²) in [7, 11) is 0. The standard InChI is InChI=1S/C18H18N3O2S/c22-18(23-14-15-5-2-1-3-6-15)7-4-10-21-11-8-16(13-19-21)17-9-12-24-20-17/h1-3,5-6,8-9,11-13H,4,7,10,14H2/q+1. The highest BCUT2D eigenvalue weighted by atomic mass is 32.1. The molecular formula is C18H18N3O2S+. The van der Waals surface area contributed by atoms with Gasteiger partial charge >= 0.3 is 5.97 Å². The minimum Gasteiger partial charge on any atom is -0.461 e. The van der Waals surface area contributed by atoms with Gasteiger partial charge in [0.2, 0.25) is 0 Å². The number of ether oxygens (including phenoxy) is 1. The van der Waals surface area contributed by atoms with Crippen molar-refractivity contribution in [3.8, 4) is 11.3 Å². The number of hydrogen-bond acceptors (Lipinski definition) is 5. The predicted octanol–water partition coefficient (Wildman–Crippen LogP) is 3.02. The van der Waals surface area contributed by atoms with E-state index in [0.29, 0.717) is 26.0 Å². The summed E-state index contributed by atoms with van der Waals surface area (Å²) >= 11 is 1.42. The largest absolute Gasteiger partial charge is 0.461 e. The van der Waals surface area contributed by atoms with Gasteiger partial charge < -0.3 is 4.74 Å². The molecule has 0 aliphatic carbocycles. The van der Waals surface area contributed by atoms with Gasteiger partial charge in [0, 0.05) is 23.4 Å². The van der Waals surface area contributed by atoms with Crippen molar-refractivity contribution in [2.75, 3.05) is 0 Å². The third-order valence-corrected chi connectivity index (χ3v) is 4.08. The van der Waals surface area contributed by atoms with E-state index in [1.54, 1.807) is 6.20 Å². The lowest BCUT2D eigenvalue weighted by Gasteiger charge is -2.03. The Hall–Kier alpha value is -2.60. The molecule has 0 atom stereocenters. The van der Waals surface area contributed by atoms with Crippen LogP contribution >= 0.6 is 11.5 Å². The smallest absolute Gasteiger partial charge is 0.306 e. The van der Waals surface area contributed by atoms with Gasteiger partial charge in [0.1, 0.15) is 12.8 Å². The van der Waals surface area contributed by atoms with Crippen LogP contribution in [0.4, 0.5) is 0 Å². The van der Waals surface area contributed by atoms with E-state index in [0.717, 1.165) is 16.8 Å². The van der Waals surface area contributed by atoms with Crippen LogP contribution in [-0.4, -0.2) is 15.4 Å². The zero-order chi connectivity index (χ0) is 16.6. The summed E-state index contributed by atoms with van der Waals surface area (Å²) in [5.41, 5.74) is 2.93. The van der Waals surface area contributed by atoms with Gasteiger partial charge in [-0.2, -0.15) is 4.37 Å². The molecule has 2 aromatic heterocycles. The summed E-state index contributed by atoms with van der Waals surface area (Å²) in [6, 6.07) is 13.6. The predicted molar refractivity (Wildman–Crippen MR) is 91.0 cm³/mol. The van der Waals surface area contributed by atoms with Crippen molar-refractivity contribution in [3.63, 3.8) is 0 Å². The van der Waals surface area contributed by atoms with Gasteiger partial charge in [-0.15, -0.1) is 0 Å². The second-order valence-corrected chi connectivity index (χ2v) is 5.98. The summed E-state index contributed by atoms with van der Waals surface area (Å²) in [6.45, 7) is 1.01. The third-order valence-electron chi connectivity index (χ3n) is 3.52. The molecule has 3 aromatic rings. The molecule has 0 unspecified atom stereocenters. The van der Waals surface area contributed by atoms with Gasteiger partial charge in [0.15, 0.2) is 12.7 Å². The zero-order valence-electron chi connectivity index (χ0n) is 13.2. The normalized spacial score (nSPS) is 10.5. The molecule has 0 saturated carbocycles. The Morgan fingerprint density at radius 3 is 2.75 bits per heavy atom. The topological polar surface area (TPSA) is 56.0 Å². The van der Waals surface area contributed by atoms with Crippen molar-refractivity contribution >= 4 is 17.5 Å². The maximum absolute atomic E-state index is 11.8. The number of hydrogen-bond donors (Lipinski definition) is 0. The van der Waals surface area contributed by atoms with E-state index in [9.17, 15) is 4.79 Å². The first-order valence-electron chi connectivity index (χ1n) is 7.77. The molecule has 0 bridgehead atoms.